The Labute approximate surface area is 138 Å². The van der Waals surface area contributed by atoms with Gasteiger partial charge in [0.05, 0.1) is 12.1 Å². The van der Waals surface area contributed by atoms with Crippen molar-refractivity contribution in [2.24, 2.45) is 0 Å². The van der Waals surface area contributed by atoms with Crippen molar-refractivity contribution in [2.45, 2.75) is 25.1 Å². The number of H-pyrrole nitrogens is 1. The van der Waals surface area contributed by atoms with Crippen molar-refractivity contribution in [3.63, 3.8) is 0 Å². The summed E-state index contributed by atoms with van der Waals surface area (Å²) in [4.78, 5) is 15.3. The van der Waals surface area contributed by atoms with Crippen LogP contribution in [0.25, 0.3) is 10.9 Å². The fourth-order valence-corrected chi connectivity index (χ4v) is 3.41. The number of aliphatic hydroxyl groups is 1. The molecule has 3 N–H and O–H groups in total. The fourth-order valence-electron chi connectivity index (χ4n) is 3.41. The number of aromatic nitrogens is 1. The largest absolute Gasteiger partial charge is 0.391 e. The molecule has 0 saturated heterocycles. The van der Waals surface area contributed by atoms with Gasteiger partial charge in [-0.1, -0.05) is 24.3 Å². The first-order valence-electron chi connectivity index (χ1n) is 7.92. The van der Waals surface area contributed by atoms with Crippen molar-refractivity contribution in [1.29, 1.82) is 0 Å². The number of rotatable bonds is 3. The van der Waals surface area contributed by atoms with Gasteiger partial charge >= 0.3 is 0 Å². The SMILES string of the molecule is O=c1cc(CN[C@@H]2c3ccccc3C[C@@H]2O)[nH]c2ccc(F)cc12. The molecule has 122 valence electrons. The standard InChI is InChI=1S/C19H17FN2O2/c20-12-5-6-16-15(8-12)17(23)9-13(22-16)10-21-19-14-4-2-1-3-11(14)7-18(19)24/h1-6,8-9,18-19,21,24H,7,10H2,(H,22,23)/t18-,19+/m0/s1. The molecule has 0 spiro atoms. The van der Waals surface area contributed by atoms with Gasteiger partial charge < -0.3 is 15.4 Å². The molecule has 0 fully saturated rings. The highest BCUT2D eigenvalue weighted by Gasteiger charge is 2.30. The van der Waals surface area contributed by atoms with E-state index < -0.39 is 11.9 Å². The predicted octanol–water partition coefficient (Wildman–Crippen LogP) is 2.42. The quantitative estimate of drug-likeness (QED) is 0.693. The van der Waals surface area contributed by atoms with Crippen LogP contribution in [0.5, 0.6) is 0 Å². The van der Waals surface area contributed by atoms with E-state index in [-0.39, 0.29) is 11.5 Å². The van der Waals surface area contributed by atoms with Crippen LogP contribution in [0.2, 0.25) is 0 Å². The summed E-state index contributed by atoms with van der Waals surface area (Å²) in [5.74, 6) is -0.426. The average molecular weight is 324 g/mol. The summed E-state index contributed by atoms with van der Waals surface area (Å²) < 4.78 is 13.3. The van der Waals surface area contributed by atoms with Crippen LogP contribution >= 0.6 is 0 Å². The van der Waals surface area contributed by atoms with Crippen LogP contribution in [0.4, 0.5) is 4.39 Å². The Morgan fingerprint density at radius 3 is 2.92 bits per heavy atom. The highest BCUT2D eigenvalue weighted by atomic mass is 19.1. The van der Waals surface area contributed by atoms with Crippen LogP contribution in [0.1, 0.15) is 22.9 Å². The van der Waals surface area contributed by atoms with E-state index in [1.807, 2.05) is 24.3 Å². The molecule has 0 aliphatic heterocycles. The molecule has 2 aromatic carbocycles. The summed E-state index contributed by atoms with van der Waals surface area (Å²) in [7, 11) is 0. The number of hydrogen-bond donors (Lipinski definition) is 3. The van der Waals surface area contributed by atoms with Crippen molar-refractivity contribution in [1.82, 2.24) is 10.3 Å². The number of aromatic amines is 1. The topological polar surface area (TPSA) is 65.1 Å². The number of pyridine rings is 1. The van der Waals surface area contributed by atoms with Gasteiger partial charge in [-0.25, -0.2) is 4.39 Å². The molecular weight excluding hydrogens is 307 g/mol. The van der Waals surface area contributed by atoms with Crippen molar-refractivity contribution in [2.75, 3.05) is 0 Å². The third-order valence-electron chi connectivity index (χ3n) is 4.56. The molecule has 1 aliphatic carbocycles. The maximum absolute atomic E-state index is 13.3. The van der Waals surface area contributed by atoms with Gasteiger partial charge in [0.15, 0.2) is 5.43 Å². The molecule has 1 aliphatic rings. The van der Waals surface area contributed by atoms with Crippen LogP contribution in [-0.2, 0) is 13.0 Å². The summed E-state index contributed by atoms with van der Waals surface area (Å²) in [6.07, 6.45) is 0.144. The molecule has 2 atom stereocenters. The molecule has 1 heterocycles. The molecule has 3 aromatic rings. The van der Waals surface area contributed by atoms with Gasteiger partial charge in [-0.05, 0) is 29.3 Å². The first kappa shape index (κ1) is 15.1. The van der Waals surface area contributed by atoms with E-state index in [2.05, 4.69) is 10.3 Å². The third-order valence-corrected chi connectivity index (χ3v) is 4.56. The number of hydrogen-bond acceptors (Lipinski definition) is 3. The summed E-state index contributed by atoms with van der Waals surface area (Å²) >= 11 is 0. The van der Waals surface area contributed by atoms with E-state index in [0.717, 1.165) is 11.1 Å². The lowest BCUT2D eigenvalue weighted by molar-refractivity contribution is 0.140. The molecule has 24 heavy (non-hydrogen) atoms. The van der Waals surface area contributed by atoms with E-state index in [1.165, 1.54) is 18.2 Å². The Balaban J connectivity index is 1.59. The Hall–Kier alpha value is -2.50. The van der Waals surface area contributed by atoms with Gasteiger partial charge in [-0.2, -0.15) is 0 Å². The number of benzene rings is 2. The maximum atomic E-state index is 13.3. The second kappa shape index (κ2) is 5.85. The Bertz CT molecular complexity index is 967. The van der Waals surface area contributed by atoms with Crippen LogP contribution < -0.4 is 10.7 Å². The molecule has 0 radical (unpaired) electrons. The zero-order chi connectivity index (χ0) is 16.7. The van der Waals surface area contributed by atoms with Crippen molar-refractivity contribution < 1.29 is 9.50 Å². The van der Waals surface area contributed by atoms with E-state index in [1.54, 1.807) is 6.07 Å². The number of halogens is 1. The lowest BCUT2D eigenvalue weighted by Crippen LogP contribution is -2.29. The van der Waals surface area contributed by atoms with Gasteiger partial charge in [0.2, 0.25) is 0 Å². The third kappa shape index (κ3) is 2.62. The number of nitrogens with one attached hydrogen (secondary N) is 2. The van der Waals surface area contributed by atoms with Crippen LogP contribution in [-0.4, -0.2) is 16.2 Å². The zero-order valence-electron chi connectivity index (χ0n) is 12.9. The Kier molecular flexibility index (Phi) is 3.67. The average Bonchev–Trinajstić information content (AvgIpc) is 2.89. The minimum absolute atomic E-state index is 0.159. The summed E-state index contributed by atoms with van der Waals surface area (Å²) in [6, 6.07) is 13.4. The van der Waals surface area contributed by atoms with Gasteiger partial charge in [0.25, 0.3) is 0 Å². The van der Waals surface area contributed by atoms with Crippen LogP contribution in [0.3, 0.4) is 0 Å². The minimum Gasteiger partial charge on any atom is -0.391 e. The highest BCUT2D eigenvalue weighted by molar-refractivity contribution is 5.78. The van der Waals surface area contributed by atoms with E-state index in [4.69, 9.17) is 0 Å². The normalized spacial score (nSPS) is 19.6. The van der Waals surface area contributed by atoms with Crippen LogP contribution in [0.15, 0.2) is 53.3 Å². The molecule has 5 heteroatoms. The lowest BCUT2D eigenvalue weighted by Gasteiger charge is -2.18. The molecular formula is C19H17FN2O2. The molecule has 0 unspecified atom stereocenters. The number of fused-ring (bicyclic) bond motifs is 2. The molecule has 4 nitrogen and oxygen atoms in total. The fraction of sp³-hybridized carbons (Fsp3) is 0.211. The summed E-state index contributed by atoms with van der Waals surface area (Å²) in [6.45, 7) is 0.415. The lowest BCUT2D eigenvalue weighted by atomic mass is 10.1. The second-order valence-corrected chi connectivity index (χ2v) is 6.18. The first-order valence-corrected chi connectivity index (χ1v) is 7.92. The van der Waals surface area contributed by atoms with Crippen molar-refractivity contribution >= 4 is 10.9 Å². The van der Waals surface area contributed by atoms with Gasteiger partial charge in [0.1, 0.15) is 5.82 Å². The molecule has 0 saturated carbocycles. The van der Waals surface area contributed by atoms with Gasteiger partial charge in [-0.3, -0.25) is 4.79 Å². The maximum Gasteiger partial charge on any atom is 0.189 e. The second-order valence-electron chi connectivity index (χ2n) is 6.18. The Morgan fingerprint density at radius 2 is 2.04 bits per heavy atom. The van der Waals surface area contributed by atoms with Gasteiger partial charge in [0, 0.05) is 35.6 Å². The zero-order valence-corrected chi connectivity index (χ0v) is 12.9. The smallest absolute Gasteiger partial charge is 0.189 e. The molecule has 0 amide bonds. The van der Waals surface area contributed by atoms with E-state index in [0.29, 0.717) is 29.6 Å². The molecule has 4 rings (SSSR count). The molecule has 0 bridgehead atoms. The van der Waals surface area contributed by atoms with Gasteiger partial charge in [-0.15, -0.1) is 0 Å². The minimum atomic E-state index is -0.483. The van der Waals surface area contributed by atoms with E-state index in [9.17, 15) is 14.3 Å². The van der Waals surface area contributed by atoms with Crippen LogP contribution in [0, 0.1) is 5.82 Å². The van der Waals surface area contributed by atoms with Crippen molar-refractivity contribution in [3.05, 3.63) is 81.4 Å². The predicted molar refractivity (Wildman–Crippen MR) is 90.3 cm³/mol. The molecule has 1 aromatic heterocycles. The number of aliphatic hydroxyl groups excluding tert-OH is 1. The summed E-state index contributed by atoms with van der Waals surface area (Å²) in [5, 5.41) is 13.9. The highest BCUT2D eigenvalue weighted by Crippen LogP contribution is 2.31. The monoisotopic (exact) mass is 324 g/mol. The van der Waals surface area contributed by atoms with E-state index >= 15 is 0 Å². The first-order chi connectivity index (χ1) is 11.6. The van der Waals surface area contributed by atoms with Crippen molar-refractivity contribution in [3.8, 4) is 0 Å². The Morgan fingerprint density at radius 1 is 1.21 bits per heavy atom. The summed E-state index contributed by atoms with van der Waals surface area (Å²) in [5.41, 5.74) is 3.33.